The largest absolute Gasteiger partial charge is 0.326 e. The van der Waals surface area contributed by atoms with Gasteiger partial charge in [-0.15, -0.1) is 0 Å². The third-order valence-electron chi connectivity index (χ3n) is 2.76. The number of rotatable bonds is 5. The van der Waals surface area contributed by atoms with Crippen molar-refractivity contribution < 1.29 is 9.63 Å². The van der Waals surface area contributed by atoms with Crippen LogP contribution in [0, 0.1) is 13.8 Å². The predicted octanol–water partition coefficient (Wildman–Crippen LogP) is 2.22. The Hall–Kier alpha value is -1.65. The number of carbonyl (C=O) groups is 1. The Bertz CT molecular complexity index is 435. The Kier molecular flexibility index (Phi) is 5.07. The average Bonchev–Trinajstić information content (AvgIpc) is 2.28. The highest BCUT2D eigenvalue weighted by molar-refractivity contribution is 5.97. The van der Waals surface area contributed by atoms with Gasteiger partial charge >= 0.3 is 0 Å². The van der Waals surface area contributed by atoms with E-state index in [4.69, 9.17) is 5.90 Å². The molecule has 0 aliphatic heterocycles. The monoisotopic (exact) mass is 248 g/mol. The van der Waals surface area contributed by atoms with Crippen LogP contribution in [0.3, 0.4) is 0 Å². The van der Waals surface area contributed by atoms with E-state index in [0.717, 1.165) is 11.1 Å². The summed E-state index contributed by atoms with van der Waals surface area (Å²) in [6.45, 7) is 9.44. The summed E-state index contributed by atoms with van der Waals surface area (Å²) >= 11 is 0. The quantitative estimate of drug-likeness (QED) is 0.785. The Morgan fingerprint density at radius 2 is 2.00 bits per heavy atom. The molecule has 4 nitrogen and oxygen atoms in total. The summed E-state index contributed by atoms with van der Waals surface area (Å²) in [6.07, 6.45) is 0.323. The molecule has 18 heavy (non-hydrogen) atoms. The number of nitrogens with one attached hydrogen (secondary N) is 1. The van der Waals surface area contributed by atoms with Gasteiger partial charge in [-0.3, -0.25) is 4.79 Å². The summed E-state index contributed by atoms with van der Waals surface area (Å²) in [4.78, 5) is 16.8. The van der Waals surface area contributed by atoms with Crippen LogP contribution in [0.2, 0.25) is 0 Å². The minimum atomic E-state index is -0.171. The molecule has 1 rings (SSSR count). The van der Waals surface area contributed by atoms with Gasteiger partial charge in [0.1, 0.15) is 0 Å². The molecule has 1 aromatic carbocycles. The van der Waals surface area contributed by atoms with Gasteiger partial charge in [0.05, 0.1) is 6.10 Å². The normalized spacial score (nSPS) is 12.0. The minimum absolute atomic E-state index is 0.139. The first-order valence-electron chi connectivity index (χ1n) is 5.86. The highest BCUT2D eigenvalue weighted by atomic mass is 16.6. The molecule has 0 aliphatic rings. The summed E-state index contributed by atoms with van der Waals surface area (Å²) in [6, 6.07) is 5.76. The third kappa shape index (κ3) is 3.68. The van der Waals surface area contributed by atoms with Gasteiger partial charge in [-0.05, 0) is 31.9 Å². The van der Waals surface area contributed by atoms with Crippen molar-refractivity contribution in [3.8, 4) is 0 Å². The third-order valence-corrected chi connectivity index (χ3v) is 2.76. The maximum Gasteiger partial charge on any atom is 0.255 e. The minimum Gasteiger partial charge on any atom is -0.326 e. The highest BCUT2D eigenvalue weighted by Gasteiger charge is 2.13. The maximum absolute atomic E-state index is 12.1. The second-order valence-electron chi connectivity index (χ2n) is 4.48. The van der Waals surface area contributed by atoms with Crippen LogP contribution in [0.25, 0.3) is 0 Å². The van der Waals surface area contributed by atoms with Crippen molar-refractivity contribution in [2.45, 2.75) is 33.3 Å². The van der Waals surface area contributed by atoms with E-state index in [9.17, 15) is 4.79 Å². The molecule has 0 fully saturated rings. The highest BCUT2D eigenvalue weighted by Crippen LogP contribution is 2.14. The Morgan fingerprint density at radius 1 is 1.44 bits per heavy atom. The van der Waals surface area contributed by atoms with Gasteiger partial charge in [0.15, 0.2) is 0 Å². The van der Waals surface area contributed by atoms with E-state index < -0.39 is 0 Å². The Balaban J connectivity index is 2.74. The van der Waals surface area contributed by atoms with Crippen molar-refractivity contribution in [3.05, 3.63) is 47.2 Å². The topological polar surface area (TPSA) is 64.3 Å². The fraction of sp³-hybridized carbons (Fsp3) is 0.357. The molecule has 1 aromatic rings. The van der Waals surface area contributed by atoms with E-state index >= 15 is 0 Å². The van der Waals surface area contributed by atoms with E-state index in [-0.39, 0.29) is 12.0 Å². The van der Waals surface area contributed by atoms with Crippen molar-refractivity contribution >= 4 is 5.91 Å². The van der Waals surface area contributed by atoms with Gasteiger partial charge in [0, 0.05) is 17.7 Å². The molecular formula is C14H20N2O2. The summed E-state index contributed by atoms with van der Waals surface area (Å²) < 4.78 is 0. The second kappa shape index (κ2) is 6.33. The van der Waals surface area contributed by atoms with Crippen LogP contribution < -0.4 is 11.2 Å². The zero-order valence-electron chi connectivity index (χ0n) is 11.1. The van der Waals surface area contributed by atoms with Crippen LogP contribution in [0.5, 0.6) is 0 Å². The van der Waals surface area contributed by atoms with E-state index in [1.54, 1.807) is 0 Å². The molecule has 0 radical (unpaired) electrons. The van der Waals surface area contributed by atoms with Crippen molar-refractivity contribution in [3.63, 3.8) is 0 Å². The van der Waals surface area contributed by atoms with Gasteiger partial charge in [0.2, 0.25) is 0 Å². The molecule has 0 aliphatic carbocycles. The Labute approximate surface area is 108 Å². The molecule has 98 valence electrons. The zero-order valence-corrected chi connectivity index (χ0v) is 11.1. The lowest BCUT2D eigenvalue weighted by Crippen LogP contribution is -2.26. The molecule has 1 atom stereocenters. The molecule has 0 saturated heterocycles. The smallest absolute Gasteiger partial charge is 0.255 e. The number of aryl methyl sites for hydroxylation is 2. The van der Waals surface area contributed by atoms with Gasteiger partial charge in [-0.1, -0.05) is 24.8 Å². The van der Waals surface area contributed by atoms with Crippen molar-refractivity contribution in [1.82, 2.24) is 5.32 Å². The number of hydrogen-bond acceptors (Lipinski definition) is 3. The summed E-state index contributed by atoms with van der Waals surface area (Å²) in [5.41, 5.74) is 3.19. The number of hydrogen-bond donors (Lipinski definition) is 2. The predicted molar refractivity (Wildman–Crippen MR) is 71.9 cm³/mol. The lowest BCUT2D eigenvalue weighted by molar-refractivity contribution is 0.0655. The van der Waals surface area contributed by atoms with Gasteiger partial charge < -0.3 is 10.2 Å². The number of carbonyl (C=O) groups excluding carboxylic acids is 1. The van der Waals surface area contributed by atoms with Crippen molar-refractivity contribution in [2.24, 2.45) is 5.90 Å². The first-order chi connectivity index (χ1) is 8.45. The molecule has 0 heterocycles. The Morgan fingerprint density at radius 3 is 2.50 bits per heavy atom. The van der Waals surface area contributed by atoms with E-state index in [1.807, 2.05) is 39.0 Å². The summed E-state index contributed by atoms with van der Waals surface area (Å²) in [7, 11) is 0. The average molecular weight is 248 g/mol. The van der Waals surface area contributed by atoms with Crippen molar-refractivity contribution in [1.29, 1.82) is 0 Å². The second-order valence-corrected chi connectivity index (χ2v) is 4.48. The zero-order chi connectivity index (χ0) is 13.7. The molecule has 1 unspecified atom stereocenters. The van der Waals surface area contributed by atoms with Crippen LogP contribution in [-0.2, 0) is 4.84 Å². The SMILES string of the molecule is C=C(CC(C)ON)NC(=O)c1c(C)cccc1C. The lowest BCUT2D eigenvalue weighted by Gasteiger charge is -2.14. The van der Waals surface area contributed by atoms with Gasteiger partial charge in [-0.25, -0.2) is 5.90 Å². The molecule has 1 amide bonds. The van der Waals surface area contributed by atoms with Gasteiger partial charge in [0.25, 0.3) is 5.91 Å². The van der Waals surface area contributed by atoms with Crippen LogP contribution in [0.1, 0.15) is 34.8 Å². The van der Waals surface area contributed by atoms with Crippen molar-refractivity contribution in [2.75, 3.05) is 0 Å². The first-order valence-corrected chi connectivity index (χ1v) is 5.86. The number of benzene rings is 1. The summed E-state index contributed by atoms with van der Waals surface area (Å²) in [5, 5.41) is 2.77. The molecule has 0 aromatic heterocycles. The molecule has 0 spiro atoms. The number of nitrogens with two attached hydrogens (primary N) is 1. The molecule has 0 saturated carbocycles. The van der Waals surface area contributed by atoms with E-state index in [0.29, 0.717) is 17.7 Å². The standard InChI is InChI=1S/C14H20N2O2/c1-9-6-5-7-10(2)13(9)14(17)16-11(3)8-12(4)18-15/h5-7,12H,3,8,15H2,1-2,4H3,(H,16,17). The maximum atomic E-state index is 12.1. The van der Waals surface area contributed by atoms with Gasteiger partial charge in [-0.2, -0.15) is 0 Å². The van der Waals surface area contributed by atoms with E-state index in [1.165, 1.54) is 0 Å². The number of amides is 1. The molecule has 3 N–H and O–H groups in total. The molecule has 4 heteroatoms. The van der Waals surface area contributed by atoms with Crippen LogP contribution >= 0.6 is 0 Å². The lowest BCUT2D eigenvalue weighted by atomic mass is 10.0. The van der Waals surface area contributed by atoms with Crippen LogP contribution in [-0.4, -0.2) is 12.0 Å². The van der Waals surface area contributed by atoms with Crippen LogP contribution in [0.4, 0.5) is 0 Å². The molecular weight excluding hydrogens is 228 g/mol. The fourth-order valence-electron chi connectivity index (χ4n) is 1.84. The van der Waals surface area contributed by atoms with E-state index in [2.05, 4.69) is 16.7 Å². The molecule has 0 bridgehead atoms. The van der Waals surface area contributed by atoms with Crippen LogP contribution in [0.15, 0.2) is 30.5 Å². The fourth-order valence-corrected chi connectivity index (χ4v) is 1.84. The first kappa shape index (κ1) is 14.4. The summed E-state index contributed by atoms with van der Waals surface area (Å²) in [5.74, 6) is 4.92.